The largest absolute Gasteiger partial charge is 0.310 e. The Morgan fingerprint density at radius 3 is 1.96 bits per heavy atom. The van der Waals surface area contributed by atoms with Crippen molar-refractivity contribution in [3.05, 3.63) is 162 Å². The molecule has 5 heterocycles. The molecule has 0 aliphatic carbocycles. The Kier molecular flexibility index (Phi) is 7.29. The van der Waals surface area contributed by atoms with E-state index in [0.29, 0.717) is 0 Å². The molecule has 1 aliphatic heterocycles. The Morgan fingerprint density at radius 1 is 0.500 bits per heavy atom. The molecule has 0 unspecified atom stereocenters. The van der Waals surface area contributed by atoms with Gasteiger partial charge in [-0.3, -0.25) is 9.13 Å². The third-order valence-corrected chi connectivity index (χ3v) is 12.0. The van der Waals surface area contributed by atoms with E-state index < -0.39 is 0 Å². The molecule has 0 saturated heterocycles. The molecule has 276 valence electrons. The second kappa shape index (κ2) is 11.9. The maximum atomic E-state index is 5.09. The van der Waals surface area contributed by atoms with Gasteiger partial charge in [0.2, 0.25) is 0 Å². The van der Waals surface area contributed by atoms with Gasteiger partial charge in [0.15, 0.2) is 0 Å². The number of para-hydroxylation sites is 2. The number of benzene rings is 5. The van der Waals surface area contributed by atoms with Crippen LogP contribution in [0.4, 0.5) is 17.1 Å². The van der Waals surface area contributed by atoms with Crippen LogP contribution in [-0.2, 0) is 16.2 Å². The minimum absolute atomic E-state index is 0.00384. The van der Waals surface area contributed by atoms with Crippen molar-refractivity contribution in [2.75, 3.05) is 4.90 Å². The van der Waals surface area contributed by atoms with Gasteiger partial charge in [-0.2, -0.15) is 0 Å². The quantitative estimate of drug-likeness (QED) is 0.181. The Labute approximate surface area is 328 Å². The topological polar surface area (TPSA) is 38.9 Å². The predicted octanol–water partition coefficient (Wildman–Crippen LogP) is 13.4. The van der Waals surface area contributed by atoms with E-state index in [9.17, 15) is 0 Å². The van der Waals surface area contributed by atoms with E-state index in [1.54, 1.807) is 0 Å². The molecule has 4 aromatic heterocycles. The van der Waals surface area contributed by atoms with Crippen molar-refractivity contribution in [3.63, 3.8) is 0 Å². The van der Waals surface area contributed by atoms with Gasteiger partial charge in [0, 0.05) is 62.0 Å². The van der Waals surface area contributed by atoms with Crippen LogP contribution in [0.3, 0.4) is 0 Å². The second-order valence-corrected chi connectivity index (χ2v) is 18.1. The summed E-state index contributed by atoms with van der Waals surface area (Å²) < 4.78 is 4.76. The number of hydrogen-bond acceptors (Lipinski definition) is 3. The fourth-order valence-corrected chi connectivity index (χ4v) is 8.98. The SMILES string of the molecule is CC(C)(C)c1cc(N(c2ccccc2)c2ccc3c4cc(C(C)(C)C)cc5c4n(c3c2)-c2ncccc2C5(C)C)cc(-n2c3ccccc3c3cccnc32)c1. The minimum Gasteiger partial charge on any atom is -0.310 e. The van der Waals surface area contributed by atoms with Crippen molar-refractivity contribution in [1.82, 2.24) is 19.1 Å². The molecular weight excluding hydrogens is 683 g/mol. The molecule has 0 N–H and O–H groups in total. The predicted molar refractivity (Wildman–Crippen MR) is 235 cm³/mol. The van der Waals surface area contributed by atoms with Crippen LogP contribution >= 0.6 is 0 Å². The lowest BCUT2D eigenvalue weighted by Crippen LogP contribution is -2.28. The van der Waals surface area contributed by atoms with Gasteiger partial charge in [0.25, 0.3) is 0 Å². The second-order valence-electron chi connectivity index (χ2n) is 18.1. The van der Waals surface area contributed by atoms with Crippen LogP contribution in [0.5, 0.6) is 0 Å². The molecule has 9 aromatic rings. The maximum Gasteiger partial charge on any atom is 0.145 e. The average molecular weight is 730 g/mol. The van der Waals surface area contributed by atoms with Gasteiger partial charge in [-0.15, -0.1) is 0 Å². The Bertz CT molecular complexity index is 2970. The normalized spacial score (nSPS) is 13.9. The van der Waals surface area contributed by atoms with E-state index in [0.717, 1.165) is 50.6 Å². The van der Waals surface area contributed by atoms with Crippen LogP contribution < -0.4 is 4.90 Å². The summed E-state index contributed by atoms with van der Waals surface area (Å²) in [5.74, 6) is 1.01. The first-order valence-corrected chi connectivity index (χ1v) is 19.7. The zero-order valence-electron chi connectivity index (χ0n) is 33.5. The first kappa shape index (κ1) is 34.3. The summed E-state index contributed by atoms with van der Waals surface area (Å²) in [7, 11) is 0. The number of rotatable bonds is 4. The van der Waals surface area contributed by atoms with Gasteiger partial charge in [-0.25, -0.2) is 9.97 Å². The van der Waals surface area contributed by atoms with E-state index in [-0.39, 0.29) is 16.2 Å². The Morgan fingerprint density at radius 2 is 1.18 bits per heavy atom. The van der Waals surface area contributed by atoms with Gasteiger partial charge in [-0.05, 0) is 100 Å². The molecule has 5 aromatic carbocycles. The number of hydrogen-bond donors (Lipinski definition) is 0. The molecule has 56 heavy (non-hydrogen) atoms. The fraction of sp³-hybridized carbons (Fsp3) is 0.216. The van der Waals surface area contributed by atoms with Gasteiger partial charge in [0.05, 0.1) is 22.2 Å². The summed E-state index contributed by atoms with van der Waals surface area (Å²) in [6, 6.07) is 46.9. The third kappa shape index (κ3) is 5.06. The molecule has 5 heteroatoms. The first-order chi connectivity index (χ1) is 26.8. The van der Waals surface area contributed by atoms with Crippen molar-refractivity contribution in [3.8, 4) is 11.5 Å². The standard InChI is InChI=1S/C51H47N5/c1-49(2,3)32-26-36(30-37(27-32)55-44-21-13-12-18-38(44)40-19-14-24-52-47(40)55)54(34-16-10-9-11-17-34)35-22-23-39-41-28-33(50(4,5)6)29-43-46(41)56(45(39)31-35)48-42(51(43,7)8)20-15-25-53-48/h9-31H,1-8H3. The molecule has 0 radical (unpaired) electrons. The van der Waals surface area contributed by atoms with Crippen LogP contribution in [0.15, 0.2) is 140 Å². The monoisotopic (exact) mass is 729 g/mol. The summed E-state index contributed by atoms with van der Waals surface area (Å²) >= 11 is 0. The smallest absolute Gasteiger partial charge is 0.145 e. The van der Waals surface area contributed by atoms with Gasteiger partial charge >= 0.3 is 0 Å². The summed E-state index contributed by atoms with van der Waals surface area (Å²) in [6.07, 6.45) is 3.83. The third-order valence-electron chi connectivity index (χ3n) is 12.0. The number of aromatic nitrogens is 4. The molecule has 0 saturated carbocycles. The van der Waals surface area contributed by atoms with Crippen molar-refractivity contribution in [1.29, 1.82) is 0 Å². The molecule has 5 nitrogen and oxygen atoms in total. The zero-order chi connectivity index (χ0) is 38.7. The van der Waals surface area contributed by atoms with Gasteiger partial charge in [0.1, 0.15) is 11.5 Å². The molecule has 0 fully saturated rings. The van der Waals surface area contributed by atoms with Gasteiger partial charge in [-0.1, -0.05) is 110 Å². The summed E-state index contributed by atoms with van der Waals surface area (Å²) in [6.45, 7) is 18.5. The van der Waals surface area contributed by atoms with E-state index in [2.05, 4.69) is 191 Å². The number of fused-ring (bicyclic) bond motifs is 8. The van der Waals surface area contributed by atoms with E-state index in [4.69, 9.17) is 9.97 Å². The van der Waals surface area contributed by atoms with Gasteiger partial charge < -0.3 is 4.90 Å². The highest BCUT2D eigenvalue weighted by atomic mass is 15.2. The van der Waals surface area contributed by atoms with Crippen LogP contribution in [0.2, 0.25) is 0 Å². The van der Waals surface area contributed by atoms with Crippen molar-refractivity contribution < 1.29 is 0 Å². The van der Waals surface area contributed by atoms with Crippen LogP contribution in [0.25, 0.3) is 55.2 Å². The summed E-state index contributed by atoms with van der Waals surface area (Å²) in [4.78, 5) is 12.5. The summed E-state index contributed by atoms with van der Waals surface area (Å²) in [5.41, 5.74) is 13.7. The first-order valence-electron chi connectivity index (χ1n) is 19.7. The molecule has 0 spiro atoms. The van der Waals surface area contributed by atoms with Crippen LogP contribution in [0.1, 0.15) is 77.6 Å². The molecule has 0 amide bonds. The Hall–Kier alpha value is -6.20. The molecular formula is C51H47N5. The van der Waals surface area contributed by atoms with Crippen LogP contribution in [0, 0.1) is 0 Å². The van der Waals surface area contributed by atoms with E-state index >= 15 is 0 Å². The van der Waals surface area contributed by atoms with Crippen molar-refractivity contribution >= 4 is 60.8 Å². The Balaban J connectivity index is 1.28. The van der Waals surface area contributed by atoms with Crippen molar-refractivity contribution in [2.24, 2.45) is 0 Å². The van der Waals surface area contributed by atoms with Crippen molar-refractivity contribution in [2.45, 2.75) is 71.6 Å². The maximum absolute atomic E-state index is 5.09. The number of pyridine rings is 2. The number of nitrogens with zero attached hydrogens (tertiary/aromatic N) is 5. The summed E-state index contributed by atoms with van der Waals surface area (Å²) in [5, 5.41) is 4.86. The lowest BCUT2D eigenvalue weighted by Gasteiger charge is -2.35. The number of anilines is 3. The molecule has 0 bridgehead atoms. The van der Waals surface area contributed by atoms with Crippen LogP contribution in [-0.4, -0.2) is 19.1 Å². The molecule has 10 rings (SSSR count). The minimum atomic E-state index is -0.210. The lowest BCUT2D eigenvalue weighted by atomic mass is 9.73. The lowest BCUT2D eigenvalue weighted by molar-refractivity contribution is 0.581. The molecule has 1 aliphatic rings. The average Bonchev–Trinajstić information content (AvgIpc) is 3.70. The highest BCUT2D eigenvalue weighted by Crippen LogP contribution is 2.50. The van der Waals surface area contributed by atoms with E-state index in [1.165, 1.54) is 43.9 Å². The highest BCUT2D eigenvalue weighted by Gasteiger charge is 2.37. The zero-order valence-corrected chi connectivity index (χ0v) is 33.5. The molecule has 0 atom stereocenters. The highest BCUT2D eigenvalue weighted by molar-refractivity contribution is 6.13. The van der Waals surface area contributed by atoms with E-state index in [1.807, 2.05) is 18.5 Å². The fourth-order valence-electron chi connectivity index (χ4n) is 8.98.